The van der Waals surface area contributed by atoms with Crippen LogP contribution in [-0.4, -0.2) is 96.7 Å². The lowest BCUT2D eigenvalue weighted by Crippen LogP contribution is -2.30. The number of ether oxygens (including phenoxy) is 4. The van der Waals surface area contributed by atoms with Crippen molar-refractivity contribution in [1.82, 2.24) is 0 Å². The average Bonchev–Trinajstić information content (AvgIpc) is 2.19. The summed E-state index contributed by atoms with van der Waals surface area (Å²) in [6.45, 7) is 7.26. The van der Waals surface area contributed by atoms with Crippen molar-refractivity contribution in [3.63, 3.8) is 0 Å². The van der Waals surface area contributed by atoms with Gasteiger partial charge in [-0.3, -0.25) is 37.3 Å². The van der Waals surface area contributed by atoms with Gasteiger partial charge in [-0.05, 0) is 31.6 Å². The fourth-order valence-electron chi connectivity index (χ4n) is 11.3. The van der Waals surface area contributed by atoms with E-state index in [0.717, 1.165) is 95.8 Å². The van der Waals surface area contributed by atoms with Crippen LogP contribution >= 0.6 is 15.6 Å². The molecule has 0 aliphatic heterocycles. The molecular formula is C74H144O17P2. The Labute approximate surface area is 568 Å². The maximum Gasteiger partial charge on any atom is 0.472 e. The fraction of sp³-hybridized carbons (Fsp3) is 0.946. The van der Waals surface area contributed by atoms with Crippen LogP contribution in [0.2, 0.25) is 0 Å². The third-order valence-corrected chi connectivity index (χ3v) is 19.5. The molecule has 19 heteroatoms. The van der Waals surface area contributed by atoms with Crippen molar-refractivity contribution in [1.29, 1.82) is 0 Å². The van der Waals surface area contributed by atoms with Gasteiger partial charge in [-0.1, -0.05) is 336 Å². The minimum atomic E-state index is -4.95. The Kier molecular flexibility index (Phi) is 65.9. The highest BCUT2D eigenvalue weighted by atomic mass is 31.2. The van der Waals surface area contributed by atoms with Gasteiger partial charge in [0.15, 0.2) is 12.2 Å². The molecule has 0 bridgehead atoms. The summed E-state index contributed by atoms with van der Waals surface area (Å²) in [7, 11) is -9.90. The maximum absolute atomic E-state index is 13.1. The van der Waals surface area contributed by atoms with Gasteiger partial charge in [0, 0.05) is 25.7 Å². The topological polar surface area (TPSA) is 237 Å². The molecule has 3 N–H and O–H groups in total. The number of aliphatic hydroxyl groups is 1. The van der Waals surface area contributed by atoms with Gasteiger partial charge in [0.1, 0.15) is 19.3 Å². The highest BCUT2D eigenvalue weighted by molar-refractivity contribution is 7.47. The molecule has 17 nitrogen and oxygen atoms in total. The Morgan fingerprint density at radius 3 is 0.763 bits per heavy atom. The lowest BCUT2D eigenvalue weighted by atomic mass is 9.99. The van der Waals surface area contributed by atoms with E-state index in [4.69, 9.17) is 37.0 Å². The second-order valence-corrected chi connectivity index (χ2v) is 29.8. The van der Waals surface area contributed by atoms with Gasteiger partial charge in [0.25, 0.3) is 0 Å². The molecule has 0 radical (unpaired) electrons. The highest BCUT2D eigenvalue weighted by Crippen LogP contribution is 2.45. The predicted octanol–water partition coefficient (Wildman–Crippen LogP) is 21.7. The minimum absolute atomic E-state index is 0.107. The first-order chi connectivity index (χ1) is 45.1. The first-order valence-corrected chi connectivity index (χ1v) is 41.7. The average molecular weight is 1370 g/mol. The molecule has 0 spiro atoms. The molecule has 0 aliphatic carbocycles. The Bertz CT molecular complexity index is 1790. The smallest absolute Gasteiger partial charge is 0.462 e. The normalized spacial score (nSPS) is 14.3. The summed E-state index contributed by atoms with van der Waals surface area (Å²) in [5.74, 6) is -1.34. The van der Waals surface area contributed by atoms with Gasteiger partial charge in [0.2, 0.25) is 0 Å². The van der Waals surface area contributed by atoms with Crippen LogP contribution in [0.1, 0.15) is 388 Å². The van der Waals surface area contributed by atoms with E-state index in [-0.39, 0.29) is 25.7 Å². The van der Waals surface area contributed by atoms with E-state index >= 15 is 0 Å². The van der Waals surface area contributed by atoms with Crippen molar-refractivity contribution < 1.29 is 80.2 Å². The number of unbranched alkanes of at least 4 members (excludes halogenated alkanes) is 45. The van der Waals surface area contributed by atoms with Gasteiger partial charge in [-0.2, -0.15) is 0 Å². The van der Waals surface area contributed by atoms with E-state index in [1.165, 1.54) is 212 Å². The van der Waals surface area contributed by atoms with Crippen LogP contribution in [0.25, 0.3) is 0 Å². The van der Waals surface area contributed by atoms with E-state index in [2.05, 4.69) is 34.6 Å². The molecule has 0 aromatic rings. The second-order valence-electron chi connectivity index (χ2n) is 26.9. The number of carbonyl (C=O) groups is 4. The van der Waals surface area contributed by atoms with Crippen molar-refractivity contribution in [2.24, 2.45) is 5.92 Å². The second kappa shape index (κ2) is 67.3. The molecule has 93 heavy (non-hydrogen) atoms. The van der Waals surface area contributed by atoms with Gasteiger partial charge < -0.3 is 33.8 Å². The zero-order valence-electron chi connectivity index (χ0n) is 60.4. The van der Waals surface area contributed by atoms with E-state index in [9.17, 15) is 43.2 Å². The molecule has 0 rings (SSSR count). The molecule has 3 unspecified atom stereocenters. The van der Waals surface area contributed by atoms with E-state index < -0.39 is 97.5 Å². The standard InChI is InChI=1S/C74H144O17P2/c1-6-10-13-16-19-22-24-26-27-28-29-30-31-32-33-35-38-45-50-55-60-74(79)91-70(64-85-72(77)58-53-48-43-40-39-41-46-51-56-67(5)9-4)66-89-93(82,83)87-62-68(75)61-86-92(80,81)88-65-69(63-84-71(76)57-52-47-42-36-21-18-15-12-8-3)90-73(78)59-54-49-44-37-34-25-23-20-17-14-11-7-2/h67-70,75H,6-66H2,1-5H3,(H,80,81)(H,82,83)/t67?,68-,69+,70+/m0/s1. The monoisotopic (exact) mass is 1370 g/mol. The van der Waals surface area contributed by atoms with Crippen molar-refractivity contribution in [2.45, 2.75) is 406 Å². The van der Waals surface area contributed by atoms with Crippen LogP contribution in [-0.2, 0) is 65.4 Å². The summed E-state index contributed by atoms with van der Waals surface area (Å²) in [4.78, 5) is 72.6. The van der Waals surface area contributed by atoms with Crippen molar-refractivity contribution in [3.8, 4) is 0 Å². The number of phosphoric acid groups is 2. The number of hydrogen-bond acceptors (Lipinski definition) is 15. The third-order valence-electron chi connectivity index (χ3n) is 17.6. The molecule has 0 saturated carbocycles. The first-order valence-electron chi connectivity index (χ1n) is 38.7. The number of carbonyl (C=O) groups excluding carboxylic acids is 4. The SMILES string of the molecule is CCCCCCCCCCCCCCCCCCCCCCC(=O)O[C@H](COC(=O)CCCCCCCCCCC(C)CC)COP(=O)(O)OC[C@@H](O)COP(=O)(O)OC[C@@H](COC(=O)CCCCCCCCCCC)OC(=O)CCCCCCCCCCCCCC. The number of rotatable bonds is 74. The van der Waals surface area contributed by atoms with Gasteiger partial charge in [-0.15, -0.1) is 0 Å². The molecule has 0 fully saturated rings. The molecule has 0 heterocycles. The van der Waals surface area contributed by atoms with Crippen LogP contribution in [0.5, 0.6) is 0 Å². The first kappa shape index (κ1) is 91.1. The summed E-state index contributed by atoms with van der Waals surface area (Å²) in [5.41, 5.74) is 0. The van der Waals surface area contributed by atoms with Crippen LogP contribution < -0.4 is 0 Å². The molecule has 0 saturated heterocycles. The molecule has 0 amide bonds. The minimum Gasteiger partial charge on any atom is -0.462 e. The highest BCUT2D eigenvalue weighted by Gasteiger charge is 2.30. The van der Waals surface area contributed by atoms with Gasteiger partial charge in [-0.25, -0.2) is 9.13 Å². The van der Waals surface area contributed by atoms with Gasteiger partial charge >= 0.3 is 39.5 Å². The Morgan fingerprint density at radius 1 is 0.301 bits per heavy atom. The predicted molar refractivity (Wildman–Crippen MR) is 377 cm³/mol. The van der Waals surface area contributed by atoms with Gasteiger partial charge in [0.05, 0.1) is 26.4 Å². The zero-order chi connectivity index (χ0) is 68.4. The number of esters is 4. The summed E-state index contributed by atoms with van der Waals surface area (Å²) >= 11 is 0. The maximum atomic E-state index is 13.1. The summed E-state index contributed by atoms with van der Waals surface area (Å²) in [6, 6.07) is 0. The zero-order valence-corrected chi connectivity index (χ0v) is 62.2. The lowest BCUT2D eigenvalue weighted by Gasteiger charge is -2.21. The Hall–Kier alpha value is -1.94. The molecule has 6 atom stereocenters. The van der Waals surface area contributed by atoms with Crippen LogP contribution in [0.15, 0.2) is 0 Å². The van der Waals surface area contributed by atoms with Crippen molar-refractivity contribution >= 4 is 39.5 Å². The number of phosphoric ester groups is 2. The van der Waals surface area contributed by atoms with Crippen LogP contribution in [0.4, 0.5) is 0 Å². The van der Waals surface area contributed by atoms with E-state index in [1.807, 2.05) is 0 Å². The Morgan fingerprint density at radius 2 is 0.516 bits per heavy atom. The van der Waals surface area contributed by atoms with E-state index in [0.29, 0.717) is 25.7 Å². The van der Waals surface area contributed by atoms with E-state index in [1.54, 1.807) is 0 Å². The summed E-state index contributed by atoms with van der Waals surface area (Å²) in [5, 5.41) is 10.6. The summed E-state index contributed by atoms with van der Waals surface area (Å²) in [6.07, 6.45) is 55.5. The largest absolute Gasteiger partial charge is 0.472 e. The van der Waals surface area contributed by atoms with Crippen LogP contribution in [0, 0.1) is 5.92 Å². The fourth-order valence-corrected chi connectivity index (χ4v) is 12.9. The molecule has 0 aromatic carbocycles. The summed E-state index contributed by atoms with van der Waals surface area (Å²) < 4.78 is 68.4. The molecule has 552 valence electrons. The molecular weight excluding hydrogens is 1220 g/mol. The number of hydrogen-bond donors (Lipinski definition) is 3. The third kappa shape index (κ3) is 67.0. The number of aliphatic hydroxyl groups excluding tert-OH is 1. The quantitative estimate of drug-likeness (QED) is 0.0222. The lowest BCUT2D eigenvalue weighted by molar-refractivity contribution is -0.161. The molecule has 0 aromatic heterocycles. The Balaban J connectivity index is 5.19. The van der Waals surface area contributed by atoms with Crippen LogP contribution in [0.3, 0.4) is 0 Å². The van der Waals surface area contributed by atoms with Crippen molar-refractivity contribution in [2.75, 3.05) is 39.6 Å². The van der Waals surface area contributed by atoms with Crippen molar-refractivity contribution in [3.05, 3.63) is 0 Å². The molecule has 0 aliphatic rings.